The monoisotopic (exact) mass is 1170 g/mol. The summed E-state index contributed by atoms with van der Waals surface area (Å²) in [6.45, 7) is 6.73. The van der Waals surface area contributed by atoms with Gasteiger partial charge >= 0.3 is 17.9 Å². The van der Waals surface area contributed by atoms with Gasteiger partial charge in [-0.2, -0.15) is 0 Å². The van der Waals surface area contributed by atoms with Gasteiger partial charge in [0.05, 0.1) is 0 Å². The van der Waals surface area contributed by atoms with E-state index in [0.29, 0.717) is 19.3 Å². The molecular weight excluding hydrogens is 1020 g/mol. The average molecular weight is 1170 g/mol. The fourth-order valence-corrected chi connectivity index (χ4v) is 12.3. The fraction of sp³-hybridized carbons (Fsp3) is 0.961. The molecule has 494 valence electrons. The van der Waals surface area contributed by atoms with E-state index in [-0.39, 0.29) is 31.1 Å². The third-order valence-corrected chi connectivity index (χ3v) is 18.1. The Hall–Kier alpha value is -1.59. The molecule has 0 N–H and O–H groups in total. The molecule has 0 amide bonds. The van der Waals surface area contributed by atoms with Crippen molar-refractivity contribution in [1.29, 1.82) is 0 Å². The zero-order valence-electron chi connectivity index (χ0n) is 57.0. The SMILES string of the molecule is CCCCCCCCCCCCCCCCCCCCCCCCCCCCCCCCCCC(=O)OCC(COC(=O)CCCCCCCCCCC)OC(=O)CCCCCCCCCCCCCCCCCCCCCCCCCC. The van der Waals surface area contributed by atoms with E-state index in [4.69, 9.17) is 14.2 Å². The van der Waals surface area contributed by atoms with Crippen LogP contribution < -0.4 is 0 Å². The van der Waals surface area contributed by atoms with Crippen molar-refractivity contribution in [2.75, 3.05) is 13.2 Å². The first-order valence-corrected chi connectivity index (χ1v) is 38.5. The average Bonchev–Trinajstić information content (AvgIpc) is 3.49. The smallest absolute Gasteiger partial charge is 0.306 e. The molecule has 0 aromatic heterocycles. The minimum Gasteiger partial charge on any atom is -0.462 e. The molecule has 6 nitrogen and oxygen atoms in total. The van der Waals surface area contributed by atoms with Crippen molar-refractivity contribution in [3.05, 3.63) is 0 Å². The Morgan fingerprint density at radius 1 is 0.193 bits per heavy atom. The summed E-state index contributed by atoms with van der Waals surface area (Å²) in [6, 6.07) is 0. The van der Waals surface area contributed by atoms with E-state index in [2.05, 4.69) is 20.8 Å². The Morgan fingerprint density at radius 2 is 0.325 bits per heavy atom. The van der Waals surface area contributed by atoms with E-state index < -0.39 is 6.10 Å². The lowest BCUT2D eigenvalue weighted by Gasteiger charge is -2.18. The molecule has 0 saturated heterocycles. The number of carbonyl (C=O) groups excluding carboxylic acids is 3. The standard InChI is InChI=1S/C77H150O6/c1-4-7-10-13-16-19-21-23-25-27-29-31-33-35-36-37-38-39-40-41-42-44-45-47-49-51-53-55-58-61-64-67-70-76(79)82-73-74(72-81-75(78)69-66-63-60-57-18-15-12-9-6-3)83-77(80)71-68-65-62-59-56-54-52-50-48-46-43-34-32-30-28-26-24-22-20-17-14-11-8-5-2/h74H,4-73H2,1-3H3. The molecule has 6 heteroatoms. The first-order chi connectivity index (χ1) is 41.0. The number of hydrogen-bond acceptors (Lipinski definition) is 6. The highest BCUT2D eigenvalue weighted by molar-refractivity contribution is 5.71. The van der Waals surface area contributed by atoms with Gasteiger partial charge in [0, 0.05) is 19.3 Å². The quantitative estimate of drug-likeness (QED) is 0.0343. The molecule has 0 spiro atoms. The molecule has 1 atom stereocenters. The molecule has 0 aromatic carbocycles. The highest BCUT2D eigenvalue weighted by Crippen LogP contribution is 2.20. The summed E-state index contributed by atoms with van der Waals surface area (Å²) >= 11 is 0. The maximum atomic E-state index is 12.9. The summed E-state index contributed by atoms with van der Waals surface area (Å²) in [4.78, 5) is 38.4. The van der Waals surface area contributed by atoms with Crippen molar-refractivity contribution in [1.82, 2.24) is 0 Å². The van der Waals surface area contributed by atoms with Crippen molar-refractivity contribution in [3.8, 4) is 0 Å². The number of carbonyl (C=O) groups is 3. The van der Waals surface area contributed by atoms with Crippen LogP contribution in [0.1, 0.15) is 457 Å². The molecule has 83 heavy (non-hydrogen) atoms. The molecule has 0 aliphatic rings. The predicted molar refractivity (Wildman–Crippen MR) is 363 cm³/mol. The van der Waals surface area contributed by atoms with Crippen LogP contribution in [0.2, 0.25) is 0 Å². The summed E-state index contributed by atoms with van der Waals surface area (Å²) in [7, 11) is 0. The first-order valence-electron chi connectivity index (χ1n) is 38.5. The van der Waals surface area contributed by atoms with Crippen molar-refractivity contribution in [2.24, 2.45) is 0 Å². The van der Waals surface area contributed by atoms with E-state index in [1.807, 2.05) is 0 Å². The Kier molecular flexibility index (Phi) is 71.5. The Bertz CT molecular complexity index is 1250. The third-order valence-electron chi connectivity index (χ3n) is 18.1. The molecule has 1 unspecified atom stereocenters. The lowest BCUT2D eigenvalue weighted by molar-refractivity contribution is -0.167. The van der Waals surface area contributed by atoms with Crippen LogP contribution in [0.5, 0.6) is 0 Å². The molecule has 0 aliphatic heterocycles. The highest BCUT2D eigenvalue weighted by atomic mass is 16.6. The molecule has 0 heterocycles. The minimum atomic E-state index is -0.763. The van der Waals surface area contributed by atoms with Crippen molar-refractivity contribution >= 4 is 17.9 Å². The van der Waals surface area contributed by atoms with Crippen LogP contribution >= 0.6 is 0 Å². The Labute approximate surface area is 520 Å². The van der Waals surface area contributed by atoms with Gasteiger partial charge in [-0.25, -0.2) is 0 Å². The second-order valence-electron chi connectivity index (χ2n) is 26.6. The van der Waals surface area contributed by atoms with Crippen LogP contribution in [0.4, 0.5) is 0 Å². The van der Waals surface area contributed by atoms with Gasteiger partial charge in [0.15, 0.2) is 6.10 Å². The van der Waals surface area contributed by atoms with Crippen molar-refractivity contribution in [3.63, 3.8) is 0 Å². The number of unbranched alkanes of at least 4 members (excludes halogenated alkanes) is 62. The van der Waals surface area contributed by atoms with Gasteiger partial charge in [-0.1, -0.05) is 419 Å². The minimum absolute atomic E-state index is 0.0606. The van der Waals surface area contributed by atoms with Gasteiger partial charge < -0.3 is 14.2 Å². The van der Waals surface area contributed by atoms with E-state index >= 15 is 0 Å². The summed E-state index contributed by atoms with van der Waals surface area (Å²) in [5, 5.41) is 0. The summed E-state index contributed by atoms with van der Waals surface area (Å²) in [5.74, 6) is -0.824. The van der Waals surface area contributed by atoms with Crippen molar-refractivity contribution in [2.45, 2.75) is 463 Å². The molecular formula is C77H150O6. The third kappa shape index (κ3) is 71.1. The Balaban J connectivity index is 4.00. The topological polar surface area (TPSA) is 78.9 Å². The van der Waals surface area contributed by atoms with Gasteiger partial charge in [-0.15, -0.1) is 0 Å². The lowest BCUT2D eigenvalue weighted by Crippen LogP contribution is -2.30. The largest absolute Gasteiger partial charge is 0.462 e. The summed E-state index contributed by atoms with van der Waals surface area (Å²) < 4.78 is 17.0. The van der Waals surface area contributed by atoms with Crippen LogP contribution in [0.3, 0.4) is 0 Å². The zero-order chi connectivity index (χ0) is 59.9. The van der Waals surface area contributed by atoms with E-state index in [9.17, 15) is 14.4 Å². The Morgan fingerprint density at radius 3 is 0.482 bits per heavy atom. The van der Waals surface area contributed by atoms with Gasteiger partial charge in [-0.3, -0.25) is 14.4 Å². The van der Waals surface area contributed by atoms with Crippen LogP contribution in [-0.4, -0.2) is 37.2 Å². The van der Waals surface area contributed by atoms with E-state index in [1.54, 1.807) is 0 Å². The normalized spacial score (nSPS) is 11.9. The molecule has 0 radical (unpaired) electrons. The van der Waals surface area contributed by atoms with Gasteiger partial charge in [0.25, 0.3) is 0 Å². The molecule has 0 aliphatic carbocycles. The number of rotatable bonds is 73. The van der Waals surface area contributed by atoms with Crippen LogP contribution in [0.25, 0.3) is 0 Å². The molecule has 0 saturated carbocycles. The number of esters is 3. The number of hydrogen-bond donors (Lipinski definition) is 0. The first kappa shape index (κ1) is 81.4. The molecule has 0 bridgehead atoms. The number of ether oxygens (including phenoxy) is 3. The molecule has 0 rings (SSSR count). The summed E-state index contributed by atoms with van der Waals surface area (Å²) in [6.07, 6.45) is 87.6. The van der Waals surface area contributed by atoms with Gasteiger partial charge in [0.2, 0.25) is 0 Å². The fourth-order valence-electron chi connectivity index (χ4n) is 12.3. The van der Waals surface area contributed by atoms with Gasteiger partial charge in [-0.05, 0) is 19.3 Å². The predicted octanol–water partition coefficient (Wildman–Crippen LogP) is 26.6. The lowest BCUT2D eigenvalue weighted by atomic mass is 10.0. The maximum absolute atomic E-state index is 12.9. The highest BCUT2D eigenvalue weighted by Gasteiger charge is 2.20. The second-order valence-corrected chi connectivity index (χ2v) is 26.6. The van der Waals surface area contributed by atoms with E-state index in [1.165, 1.54) is 360 Å². The van der Waals surface area contributed by atoms with Crippen LogP contribution in [0.15, 0.2) is 0 Å². The van der Waals surface area contributed by atoms with Crippen LogP contribution in [0, 0.1) is 0 Å². The van der Waals surface area contributed by atoms with Crippen molar-refractivity contribution < 1.29 is 28.6 Å². The van der Waals surface area contributed by atoms with Gasteiger partial charge in [0.1, 0.15) is 13.2 Å². The molecule has 0 aromatic rings. The molecule has 0 fully saturated rings. The summed E-state index contributed by atoms with van der Waals surface area (Å²) in [5.41, 5.74) is 0. The van der Waals surface area contributed by atoms with E-state index in [0.717, 1.165) is 57.8 Å². The van der Waals surface area contributed by atoms with Crippen LogP contribution in [-0.2, 0) is 28.6 Å². The maximum Gasteiger partial charge on any atom is 0.306 e. The zero-order valence-corrected chi connectivity index (χ0v) is 57.0. The second kappa shape index (κ2) is 72.9.